The van der Waals surface area contributed by atoms with E-state index in [1.165, 1.54) is 29.2 Å². The number of para-hydroxylation sites is 1. The van der Waals surface area contributed by atoms with Crippen molar-refractivity contribution in [3.8, 4) is 0 Å². The molecule has 4 aromatic rings. The maximum atomic E-state index is 13.5. The normalized spacial score (nSPS) is 16.5. The predicted molar refractivity (Wildman–Crippen MR) is 111 cm³/mol. The van der Waals surface area contributed by atoms with Crippen LogP contribution in [0.15, 0.2) is 70.3 Å². The zero-order chi connectivity index (χ0) is 21.7. The van der Waals surface area contributed by atoms with E-state index in [1.54, 1.807) is 31.2 Å². The van der Waals surface area contributed by atoms with Gasteiger partial charge in [0, 0.05) is 5.39 Å². The molecule has 0 fully saturated rings. The van der Waals surface area contributed by atoms with Gasteiger partial charge < -0.3 is 9.52 Å². The molecule has 9 heteroatoms. The SMILES string of the molecule is Cc1nnc(N2C(=O)C(O)=C(C(=O)c3cc4ccccc4o3)C2c2ccc(F)cc2)s1. The number of aromatic nitrogens is 2. The van der Waals surface area contributed by atoms with Gasteiger partial charge in [0.05, 0.1) is 11.6 Å². The number of fused-ring (bicyclic) bond motifs is 1. The summed E-state index contributed by atoms with van der Waals surface area (Å²) < 4.78 is 19.2. The lowest BCUT2D eigenvalue weighted by atomic mass is 9.95. The summed E-state index contributed by atoms with van der Waals surface area (Å²) in [4.78, 5) is 27.6. The van der Waals surface area contributed by atoms with Crippen molar-refractivity contribution in [2.75, 3.05) is 4.90 Å². The van der Waals surface area contributed by atoms with Crippen LogP contribution in [0, 0.1) is 12.7 Å². The van der Waals surface area contributed by atoms with E-state index in [-0.39, 0.29) is 16.5 Å². The zero-order valence-electron chi connectivity index (χ0n) is 16.1. The van der Waals surface area contributed by atoms with Crippen LogP contribution in [-0.2, 0) is 4.79 Å². The predicted octanol–water partition coefficient (Wildman–Crippen LogP) is 4.51. The average Bonchev–Trinajstić information content (AvgIpc) is 3.45. The van der Waals surface area contributed by atoms with Crippen molar-refractivity contribution >= 4 is 39.1 Å². The van der Waals surface area contributed by atoms with E-state index in [0.717, 1.165) is 11.3 Å². The Morgan fingerprint density at radius 2 is 1.90 bits per heavy atom. The molecule has 5 rings (SSSR count). The summed E-state index contributed by atoms with van der Waals surface area (Å²) in [7, 11) is 0. The molecule has 0 radical (unpaired) electrons. The maximum Gasteiger partial charge on any atom is 0.296 e. The van der Waals surface area contributed by atoms with E-state index < -0.39 is 29.3 Å². The van der Waals surface area contributed by atoms with Crippen molar-refractivity contribution in [2.24, 2.45) is 0 Å². The van der Waals surface area contributed by atoms with Gasteiger partial charge in [0.15, 0.2) is 11.5 Å². The fourth-order valence-electron chi connectivity index (χ4n) is 3.60. The van der Waals surface area contributed by atoms with Gasteiger partial charge in [-0.25, -0.2) is 4.39 Å². The largest absolute Gasteiger partial charge is 0.503 e. The third-order valence-electron chi connectivity index (χ3n) is 5.01. The van der Waals surface area contributed by atoms with E-state index in [2.05, 4.69) is 10.2 Å². The second-order valence-corrected chi connectivity index (χ2v) is 8.13. The highest BCUT2D eigenvalue weighted by atomic mass is 32.1. The Bertz CT molecular complexity index is 1340. The highest BCUT2D eigenvalue weighted by molar-refractivity contribution is 7.15. The van der Waals surface area contributed by atoms with Gasteiger partial charge in [-0.05, 0) is 36.8 Å². The molecule has 3 heterocycles. The molecule has 154 valence electrons. The molecule has 2 aromatic carbocycles. The number of ketones is 1. The molecule has 0 spiro atoms. The van der Waals surface area contributed by atoms with Gasteiger partial charge >= 0.3 is 0 Å². The molecule has 1 unspecified atom stereocenters. The lowest BCUT2D eigenvalue weighted by Crippen LogP contribution is -2.31. The van der Waals surface area contributed by atoms with E-state index in [4.69, 9.17) is 4.42 Å². The number of aryl methyl sites for hydroxylation is 1. The zero-order valence-corrected chi connectivity index (χ0v) is 16.9. The number of carbonyl (C=O) groups excluding carboxylic acids is 2. The van der Waals surface area contributed by atoms with Crippen LogP contribution in [0.25, 0.3) is 11.0 Å². The van der Waals surface area contributed by atoms with Crippen molar-refractivity contribution in [2.45, 2.75) is 13.0 Å². The third kappa shape index (κ3) is 3.10. The van der Waals surface area contributed by atoms with Crippen molar-refractivity contribution in [1.29, 1.82) is 0 Å². The Hall–Kier alpha value is -3.85. The number of Topliss-reactive ketones (excluding diaryl/α,β-unsaturated/α-hetero) is 1. The first-order chi connectivity index (χ1) is 14.9. The average molecular weight is 435 g/mol. The maximum absolute atomic E-state index is 13.5. The smallest absolute Gasteiger partial charge is 0.296 e. The summed E-state index contributed by atoms with van der Waals surface area (Å²) in [6, 6.07) is 13.0. The van der Waals surface area contributed by atoms with Crippen LogP contribution in [0.5, 0.6) is 0 Å². The van der Waals surface area contributed by atoms with Crippen LogP contribution >= 0.6 is 11.3 Å². The van der Waals surface area contributed by atoms with Crippen molar-refractivity contribution in [3.05, 3.63) is 88.1 Å². The van der Waals surface area contributed by atoms with Gasteiger partial charge in [-0.15, -0.1) is 10.2 Å². The Kier molecular flexibility index (Phi) is 4.40. The van der Waals surface area contributed by atoms with E-state index in [0.29, 0.717) is 21.5 Å². The van der Waals surface area contributed by atoms with Gasteiger partial charge in [0.25, 0.3) is 5.91 Å². The molecule has 7 nitrogen and oxygen atoms in total. The van der Waals surface area contributed by atoms with Gasteiger partial charge in [-0.2, -0.15) is 0 Å². The number of aliphatic hydroxyl groups excluding tert-OH is 1. The number of hydrogen-bond donors (Lipinski definition) is 1. The van der Waals surface area contributed by atoms with Gasteiger partial charge in [-0.3, -0.25) is 14.5 Å². The number of anilines is 1. The minimum Gasteiger partial charge on any atom is -0.503 e. The number of aliphatic hydroxyl groups is 1. The number of hydrogen-bond acceptors (Lipinski definition) is 7. The minimum atomic E-state index is -1.01. The number of furan rings is 1. The lowest BCUT2D eigenvalue weighted by Gasteiger charge is -2.23. The molecule has 31 heavy (non-hydrogen) atoms. The first-order valence-electron chi connectivity index (χ1n) is 9.29. The molecule has 0 saturated heterocycles. The Labute approximate surface area is 179 Å². The third-order valence-corrected chi connectivity index (χ3v) is 5.85. The van der Waals surface area contributed by atoms with Crippen LogP contribution in [0.2, 0.25) is 0 Å². The van der Waals surface area contributed by atoms with Crippen molar-refractivity contribution in [1.82, 2.24) is 10.2 Å². The molecule has 1 N–H and O–H groups in total. The fraction of sp³-hybridized carbons (Fsp3) is 0.0909. The number of benzene rings is 2. The van der Waals surface area contributed by atoms with E-state index in [9.17, 15) is 19.1 Å². The van der Waals surface area contributed by atoms with Gasteiger partial charge in [-0.1, -0.05) is 41.7 Å². The molecule has 1 amide bonds. The van der Waals surface area contributed by atoms with Crippen molar-refractivity contribution in [3.63, 3.8) is 0 Å². The number of nitrogens with zero attached hydrogens (tertiary/aromatic N) is 3. The summed E-state index contributed by atoms with van der Waals surface area (Å²) in [5.41, 5.74) is 0.778. The molecule has 2 aromatic heterocycles. The van der Waals surface area contributed by atoms with Crippen LogP contribution < -0.4 is 4.90 Å². The number of carbonyl (C=O) groups is 2. The Morgan fingerprint density at radius 3 is 2.58 bits per heavy atom. The molecule has 1 aliphatic heterocycles. The minimum absolute atomic E-state index is 0.0158. The number of amides is 1. The molecule has 0 aliphatic carbocycles. The summed E-state index contributed by atoms with van der Waals surface area (Å²) in [5, 5.41) is 20.2. The van der Waals surface area contributed by atoms with Crippen LogP contribution in [-0.4, -0.2) is 27.0 Å². The number of rotatable bonds is 4. The van der Waals surface area contributed by atoms with Gasteiger partial charge in [0.1, 0.15) is 16.4 Å². The Balaban J connectivity index is 1.66. The van der Waals surface area contributed by atoms with Gasteiger partial charge in [0.2, 0.25) is 10.9 Å². The number of halogens is 1. The molecular weight excluding hydrogens is 421 g/mol. The molecular formula is C22H14FN3O4S. The fourth-order valence-corrected chi connectivity index (χ4v) is 4.32. The standard InChI is InChI=1S/C22H14FN3O4S/c1-11-24-25-22(31-11)26-18(12-6-8-14(23)9-7-12)17(20(28)21(26)29)19(27)16-10-13-4-2-3-5-15(13)30-16/h2-10,18,28H,1H3. The van der Waals surface area contributed by atoms with Crippen LogP contribution in [0.4, 0.5) is 9.52 Å². The Morgan fingerprint density at radius 1 is 1.16 bits per heavy atom. The second-order valence-electron chi connectivity index (χ2n) is 6.97. The lowest BCUT2D eigenvalue weighted by molar-refractivity contribution is -0.117. The highest BCUT2D eigenvalue weighted by Crippen LogP contribution is 2.43. The summed E-state index contributed by atoms with van der Waals surface area (Å²) in [6.07, 6.45) is 0. The van der Waals surface area contributed by atoms with Crippen molar-refractivity contribution < 1.29 is 23.5 Å². The van der Waals surface area contributed by atoms with E-state index in [1.807, 2.05) is 6.07 Å². The molecule has 1 aliphatic rings. The summed E-state index contributed by atoms with van der Waals surface area (Å²) >= 11 is 1.14. The van der Waals surface area contributed by atoms with Crippen LogP contribution in [0.1, 0.15) is 27.2 Å². The summed E-state index contributed by atoms with van der Waals surface area (Å²) in [5.74, 6) is -2.61. The molecule has 1 atom stereocenters. The highest BCUT2D eigenvalue weighted by Gasteiger charge is 2.46. The van der Waals surface area contributed by atoms with E-state index >= 15 is 0 Å². The summed E-state index contributed by atoms with van der Waals surface area (Å²) in [6.45, 7) is 1.72. The molecule has 0 bridgehead atoms. The second kappa shape index (κ2) is 7.13. The van der Waals surface area contributed by atoms with Crippen LogP contribution in [0.3, 0.4) is 0 Å². The topological polar surface area (TPSA) is 96.5 Å². The first-order valence-corrected chi connectivity index (χ1v) is 10.1. The quantitative estimate of drug-likeness (QED) is 0.474. The first kappa shape index (κ1) is 19.1. The molecule has 0 saturated carbocycles. The monoisotopic (exact) mass is 435 g/mol.